The number of pyridine rings is 2. The van der Waals surface area contributed by atoms with Crippen LogP contribution in [-0.4, -0.2) is 15.8 Å². The van der Waals surface area contributed by atoms with Gasteiger partial charge in [-0.2, -0.15) is 5.26 Å². The number of hydrogen-bond acceptors (Lipinski definition) is 4. The van der Waals surface area contributed by atoms with E-state index in [1.54, 1.807) is 30.6 Å². The smallest absolute Gasteiger partial charge is 0.165 e. The molecule has 0 N–H and O–H groups in total. The second-order valence-electron chi connectivity index (χ2n) is 6.42. The normalized spacial score (nSPS) is 15.1. The summed E-state index contributed by atoms with van der Waals surface area (Å²) in [4.78, 5) is 20.7. The maximum Gasteiger partial charge on any atom is 0.165 e. The van der Waals surface area contributed by atoms with E-state index in [0.717, 1.165) is 12.1 Å². The van der Waals surface area contributed by atoms with Gasteiger partial charge in [0.15, 0.2) is 11.5 Å². The van der Waals surface area contributed by atoms with E-state index in [1.165, 1.54) is 0 Å². The first kappa shape index (κ1) is 14.9. The molecule has 0 saturated carbocycles. The minimum absolute atomic E-state index is 0.0400. The van der Waals surface area contributed by atoms with Crippen molar-refractivity contribution < 1.29 is 4.79 Å². The Morgan fingerprint density at radius 1 is 1.22 bits per heavy atom. The van der Waals surface area contributed by atoms with Gasteiger partial charge in [0.25, 0.3) is 0 Å². The van der Waals surface area contributed by atoms with Crippen LogP contribution in [0.1, 0.15) is 53.1 Å². The van der Waals surface area contributed by atoms with Gasteiger partial charge < -0.3 is 0 Å². The average molecular weight is 301 g/mol. The van der Waals surface area contributed by atoms with E-state index in [1.807, 2.05) is 6.07 Å². The van der Waals surface area contributed by atoms with Gasteiger partial charge in [0, 0.05) is 29.9 Å². The second-order valence-corrected chi connectivity index (χ2v) is 6.42. The highest BCUT2D eigenvalue weighted by atomic mass is 16.1. The molecular weight excluding hydrogens is 286 g/mol. The molecule has 23 heavy (non-hydrogen) atoms. The molecule has 112 valence electrons. The van der Waals surface area contributed by atoms with Crippen molar-refractivity contribution in [1.29, 1.82) is 5.26 Å². The molecule has 2 aromatic heterocycles. The number of Topliss-reactive ketones (excluding diaryl/α,β-unsaturated/α-hetero) is 1. The summed E-state index contributed by atoms with van der Waals surface area (Å²) in [7, 11) is 0. The second kappa shape index (κ2) is 5.66. The first-order valence-electron chi connectivity index (χ1n) is 7.38. The Morgan fingerprint density at radius 2 is 2.04 bits per heavy atom. The number of carbonyl (C=O) groups is 1. The van der Waals surface area contributed by atoms with Gasteiger partial charge in [-0.1, -0.05) is 25.7 Å². The predicted molar refractivity (Wildman–Crippen MR) is 85.6 cm³/mol. The summed E-state index contributed by atoms with van der Waals surface area (Å²) < 4.78 is 0. The summed E-state index contributed by atoms with van der Waals surface area (Å²) >= 11 is 0. The molecule has 1 aliphatic carbocycles. The molecule has 0 radical (unpaired) electrons. The van der Waals surface area contributed by atoms with Gasteiger partial charge >= 0.3 is 0 Å². The third-order valence-electron chi connectivity index (χ3n) is 3.81. The van der Waals surface area contributed by atoms with Crippen molar-refractivity contribution in [3.63, 3.8) is 0 Å². The van der Waals surface area contributed by atoms with Crippen LogP contribution in [0.4, 0.5) is 0 Å². The molecule has 0 bridgehead atoms. The zero-order valence-electron chi connectivity index (χ0n) is 13.1. The molecule has 0 saturated heterocycles. The van der Waals surface area contributed by atoms with Crippen molar-refractivity contribution in [3.8, 4) is 17.9 Å². The first-order valence-corrected chi connectivity index (χ1v) is 7.38. The fourth-order valence-electron chi connectivity index (χ4n) is 2.72. The zero-order valence-corrected chi connectivity index (χ0v) is 13.1. The molecule has 0 aromatic carbocycles. The molecule has 0 amide bonds. The minimum atomic E-state index is -0.0400. The largest absolute Gasteiger partial charge is 0.294 e. The van der Waals surface area contributed by atoms with E-state index in [0.29, 0.717) is 28.8 Å². The number of carbonyl (C=O) groups excluding carboxylic acids is 1. The van der Waals surface area contributed by atoms with E-state index >= 15 is 0 Å². The lowest BCUT2D eigenvalue weighted by Crippen LogP contribution is -2.27. The van der Waals surface area contributed by atoms with Gasteiger partial charge in [-0.05, 0) is 30.0 Å². The SMILES string of the molecule is CC1(C)CC(=O)c2cc(C#Cc3cccnc3C#N)cnc2C1. The highest BCUT2D eigenvalue weighted by Crippen LogP contribution is 2.33. The first-order chi connectivity index (χ1) is 11.0. The Labute approximate surface area is 135 Å². The van der Waals surface area contributed by atoms with Crippen molar-refractivity contribution >= 4 is 5.78 Å². The van der Waals surface area contributed by atoms with Crippen molar-refractivity contribution in [2.75, 3.05) is 0 Å². The topological polar surface area (TPSA) is 66.6 Å². The molecular formula is C19H15N3O. The number of nitrogens with zero attached hydrogens (tertiary/aromatic N) is 3. The molecule has 4 nitrogen and oxygen atoms in total. The number of rotatable bonds is 0. The molecule has 2 heterocycles. The summed E-state index contributed by atoms with van der Waals surface area (Å²) in [6.45, 7) is 4.16. The van der Waals surface area contributed by atoms with Crippen LogP contribution in [0, 0.1) is 28.6 Å². The van der Waals surface area contributed by atoms with Gasteiger partial charge in [0.1, 0.15) is 6.07 Å². The van der Waals surface area contributed by atoms with Crippen LogP contribution >= 0.6 is 0 Å². The monoisotopic (exact) mass is 301 g/mol. The lowest BCUT2D eigenvalue weighted by molar-refractivity contribution is 0.0910. The van der Waals surface area contributed by atoms with Gasteiger partial charge in [-0.15, -0.1) is 0 Å². The molecule has 4 heteroatoms. The summed E-state index contributed by atoms with van der Waals surface area (Å²) in [6, 6.07) is 7.30. The van der Waals surface area contributed by atoms with Crippen LogP contribution in [0.25, 0.3) is 0 Å². The molecule has 0 fully saturated rings. The molecule has 0 atom stereocenters. The number of ketones is 1. The number of hydrogen-bond donors (Lipinski definition) is 0. The molecule has 2 aromatic rings. The summed E-state index contributed by atoms with van der Waals surface area (Å²) in [5.74, 6) is 6.02. The van der Waals surface area contributed by atoms with Crippen molar-refractivity contribution in [3.05, 3.63) is 58.7 Å². The summed E-state index contributed by atoms with van der Waals surface area (Å²) in [6.07, 6.45) is 4.57. The fourth-order valence-corrected chi connectivity index (χ4v) is 2.72. The minimum Gasteiger partial charge on any atom is -0.294 e. The van der Waals surface area contributed by atoms with E-state index in [2.05, 4.69) is 35.7 Å². The van der Waals surface area contributed by atoms with Crippen LogP contribution in [0.2, 0.25) is 0 Å². The van der Waals surface area contributed by atoms with E-state index in [9.17, 15) is 4.79 Å². The number of nitriles is 1. The standard InChI is InChI=1S/C19H15N3O/c1-19(2)9-16-15(18(23)10-19)8-13(12-22-16)5-6-14-4-3-7-21-17(14)11-20/h3-4,7-8,12H,9-10H2,1-2H3. The van der Waals surface area contributed by atoms with Crippen LogP contribution in [0.5, 0.6) is 0 Å². The van der Waals surface area contributed by atoms with Gasteiger partial charge in [0.05, 0.1) is 11.3 Å². The average Bonchev–Trinajstić information content (AvgIpc) is 2.52. The summed E-state index contributed by atoms with van der Waals surface area (Å²) in [5.41, 5.74) is 3.01. The van der Waals surface area contributed by atoms with Gasteiger partial charge in [-0.25, -0.2) is 4.98 Å². The van der Waals surface area contributed by atoms with Crippen molar-refractivity contribution in [2.45, 2.75) is 26.7 Å². The van der Waals surface area contributed by atoms with Crippen LogP contribution < -0.4 is 0 Å². The highest BCUT2D eigenvalue weighted by Gasteiger charge is 2.31. The third-order valence-corrected chi connectivity index (χ3v) is 3.81. The number of fused-ring (bicyclic) bond motifs is 1. The highest BCUT2D eigenvalue weighted by molar-refractivity contribution is 5.98. The Hall–Kier alpha value is -2.98. The molecule has 1 aliphatic rings. The van der Waals surface area contributed by atoms with Crippen molar-refractivity contribution in [2.24, 2.45) is 5.41 Å². The predicted octanol–water partition coefficient (Wildman–Crippen LogP) is 2.90. The molecule has 0 aliphatic heterocycles. The van der Waals surface area contributed by atoms with Crippen molar-refractivity contribution in [1.82, 2.24) is 9.97 Å². The zero-order chi connectivity index (χ0) is 16.4. The Morgan fingerprint density at radius 3 is 2.83 bits per heavy atom. The van der Waals surface area contributed by atoms with Gasteiger partial charge in [-0.3, -0.25) is 9.78 Å². The van der Waals surface area contributed by atoms with E-state index < -0.39 is 0 Å². The lowest BCUT2D eigenvalue weighted by Gasteiger charge is -2.29. The van der Waals surface area contributed by atoms with Crippen LogP contribution in [0.3, 0.4) is 0 Å². The quantitative estimate of drug-likeness (QED) is 0.702. The molecule has 3 rings (SSSR count). The summed E-state index contributed by atoms with van der Waals surface area (Å²) in [5, 5.41) is 9.02. The van der Waals surface area contributed by atoms with E-state index in [4.69, 9.17) is 5.26 Å². The molecule has 0 unspecified atom stereocenters. The third kappa shape index (κ3) is 3.12. The van der Waals surface area contributed by atoms with Gasteiger partial charge in [0.2, 0.25) is 0 Å². The van der Waals surface area contributed by atoms with Crippen LogP contribution in [0.15, 0.2) is 30.6 Å². The van der Waals surface area contributed by atoms with Crippen LogP contribution in [-0.2, 0) is 6.42 Å². The fraction of sp³-hybridized carbons (Fsp3) is 0.263. The number of aromatic nitrogens is 2. The Bertz CT molecular complexity index is 895. The lowest BCUT2D eigenvalue weighted by atomic mass is 9.75. The Balaban J connectivity index is 1.96. The Kier molecular flexibility index (Phi) is 3.68. The molecule has 0 spiro atoms. The van der Waals surface area contributed by atoms with E-state index in [-0.39, 0.29) is 11.2 Å². The maximum atomic E-state index is 12.3. The maximum absolute atomic E-state index is 12.3.